The minimum atomic E-state index is -3.35. The maximum absolute atomic E-state index is 12.0. The first-order valence-corrected chi connectivity index (χ1v) is 8.45. The molecular formula is C16H23NO2S. The van der Waals surface area contributed by atoms with Crippen molar-refractivity contribution >= 4 is 10.0 Å². The number of benzene rings is 1. The van der Waals surface area contributed by atoms with Crippen molar-refractivity contribution in [1.82, 2.24) is 4.72 Å². The first-order chi connectivity index (χ1) is 9.56. The zero-order valence-corrected chi connectivity index (χ0v) is 12.9. The summed E-state index contributed by atoms with van der Waals surface area (Å²) in [7, 11) is -3.35. The van der Waals surface area contributed by atoms with Gasteiger partial charge in [-0.05, 0) is 44.4 Å². The van der Waals surface area contributed by atoms with E-state index in [1.165, 1.54) is 0 Å². The Labute approximate surface area is 122 Å². The first kappa shape index (κ1) is 16.7. The van der Waals surface area contributed by atoms with Gasteiger partial charge in [-0.25, -0.2) is 13.1 Å². The fourth-order valence-corrected chi connectivity index (χ4v) is 2.91. The summed E-state index contributed by atoms with van der Waals surface area (Å²) < 4.78 is 26.6. The highest BCUT2D eigenvalue weighted by atomic mass is 32.2. The van der Waals surface area contributed by atoms with E-state index in [-0.39, 0.29) is 0 Å². The summed E-state index contributed by atoms with van der Waals surface area (Å²) in [5.74, 6) is 0. The predicted molar refractivity (Wildman–Crippen MR) is 83.2 cm³/mol. The monoisotopic (exact) mass is 293 g/mol. The minimum absolute atomic E-state index is 0.333. The Morgan fingerprint density at radius 2 is 1.80 bits per heavy atom. The van der Waals surface area contributed by atoms with Crippen LogP contribution < -0.4 is 4.72 Å². The van der Waals surface area contributed by atoms with Gasteiger partial charge in [0.15, 0.2) is 0 Å². The van der Waals surface area contributed by atoms with Crippen molar-refractivity contribution in [2.24, 2.45) is 0 Å². The molecule has 0 bridgehead atoms. The second-order valence-electron chi connectivity index (χ2n) is 4.82. The van der Waals surface area contributed by atoms with Crippen LogP contribution in [0.2, 0.25) is 0 Å². The van der Waals surface area contributed by atoms with Gasteiger partial charge in [-0.2, -0.15) is 0 Å². The average Bonchev–Trinajstić information content (AvgIpc) is 2.42. The summed E-state index contributed by atoms with van der Waals surface area (Å²) in [6.07, 6.45) is 7.03. The van der Waals surface area contributed by atoms with Crippen molar-refractivity contribution < 1.29 is 8.42 Å². The number of nitrogens with one attached hydrogen (secondary N) is 1. The predicted octanol–water partition coefficient (Wildman–Crippen LogP) is 3.56. The second-order valence-corrected chi connectivity index (χ2v) is 6.59. The fraction of sp³-hybridized carbons (Fsp3) is 0.438. The molecule has 0 aliphatic heterocycles. The van der Waals surface area contributed by atoms with Crippen LogP contribution in [0.5, 0.6) is 0 Å². The van der Waals surface area contributed by atoms with E-state index in [2.05, 4.69) is 17.0 Å². The lowest BCUT2D eigenvalue weighted by molar-refractivity contribution is 0.572. The van der Waals surface area contributed by atoms with Gasteiger partial charge in [0.1, 0.15) is 0 Å². The maximum atomic E-state index is 12.0. The number of allylic oxidation sites excluding steroid dienone is 1. The van der Waals surface area contributed by atoms with Gasteiger partial charge in [-0.3, -0.25) is 0 Å². The van der Waals surface area contributed by atoms with Gasteiger partial charge in [0.2, 0.25) is 10.0 Å². The van der Waals surface area contributed by atoms with Gasteiger partial charge in [-0.15, -0.1) is 5.73 Å². The molecule has 110 valence electrons. The minimum Gasteiger partial charge on any atom is -0.211 e. The van der Waals surface area contributed by atoms with Crippen molar-refractivity contribution in [2.75, 3.05) is 6.54 Å². The molecule has 0 aliphatic rings. The lowest BCUT2D eigenvalue weighted by Crippen LogP contribution is -2.24. The number of hydrogen-bond acceptors (Lipinski definition) is 2. The summed E-state index contributed by atoms with van der Waals surface area (Å²) in [6, 6.07) is 6.89. The van der Waals surface area contributed by atoms with Crippen LogP contribution in [-0.2, 0) is 10.0 Å². The molecule has 0 atom stereocenters. The third kappa shape index (κ3) is 6.20. The molecule has 0 saturated carbocycles. The molecule has 0 unspecified atom stereocenters. The number of unbranched alkanes of at least 4 members (excludes halogenated alkanes) is 4. The molecule has 1 aromatic rings. The highest BCUT2D eigenvalue weighted by Gasteiger charge is 2.12. The van der Waals surface area contributed by atoms with Crippen molar-refractivity contribution in [2.45, 2.75) is 43.9 Å². The van der Waals surface area contributed by atoms with E-state index in [0.717, 1.165) is 37.7 Å². The molecule has 1 aromatic carbocycles. The Bertz CT molecular complexity index is 540. The quantitative estimate of drug-likeness (QED) is 0.559. The molecule has 0 saturated heterocycles. The molecule has 0 heterocycles. The fourth-order valence-electron chi connectivity index (χ4n) is 1.83. The normalized spacial score (nSPS) is 11.1. The van der Waals surface area contributed by atoms with Gasteiger partial charge in [-0.1, -0.05) is 37.1 Å². The van der Waals surface area contributed by atoms with E-state index in [1.54, 1.807) is 12.1 Å². The molecule has 20 heavy (non-hydrogen) atoms. The Balaban J connectivity index is 2.27. The molecule has 0 aliphatic carbocycles. The molecule has 0 spiro atoms. The lowest BCUT2D eigenvalue weighted by Gasteiger charge is -2.06. The zero-order chi connectivity index (χ0) is 14.8. The Morgan fingerprint density at radius 1 is 1.15 bits per heavy atom. The average molecular weight is 293 g/mol. The summed E-state index contributed by atoms with van der Waals surface area (Å²) in [5, 5.41) is 0. The van der Waals surface area contributed by atoms with Crippen LogP contribution >= 0.6 is 0 Å². The molecule has 0 radical (unpaired) electrons. The smallest absolute Gasteiger partial charge is 0.211 e. The molecule has 4 heteroatoms. The zero-order valence-electron chi connectivity index (χ0n) is 12.1. The summed E-state index contributed by atoms with van der Waals surface area (Å²) in [4.78, 5) is 0.333. The number of hydrogen-bond donors (Lipinski definition) is 1. The van der Waals surface area contributed by atoms with Crippen LogP contribution in [0.25, 0.3) is 0 Å². The number of aryl methyl sites for hydroxylation is 1. The van der Waals surface area contributed by atoms with E-state index < -0.39 is 10.0 Å². The van der Waals surface area contributed by atoms with Crippen LogP contribution in [-0.4, -0.2) is 15.0 Å². The molecule has 1 N–H and O–H groups in total. The topological polar surface area (TPSA) is 46.2 Å². The Morgan fingerprint density at radius 3 is 2.45 bits per heavy atom. The van der Waals surface area contributed by atoms with Crippen molar-refractivity contribution in [3.05, 3.63) is 48.2 Å². The Hall–Kier alpha value is -1.35. The van der Waals surface area contributed by atoms with Crippen molar-refractivity contribution in [3.63, 3.8) is 0 Å². The van der Waals surface area contributed by atoms with Crippen LogP contribution in [0.15, 0.2) is 47.5 Å². The standard InChI is InChI=1S/C16H23NO2S/c1-3-4-5-6-7-8-9-14-17-20(18,19)16-12-10-15(2)11-13-16/h4,10-13,17H,1,5-9,14H2,2H3. The summed E-state index contributed by atoms with van der Waals surface area (Å²) in [6.45, 7) is 5.94. The summed E-state index contributed by atoms with van der Waals surface area (Å²) in [5.41, 5.74) is 3.80. The van der Waals surface area contributed by atoms with Gasteiger partial charge >= 0.3 is 0 Å². The molecule has 0 fully saturated rings. The van der Waals surface area contributed by atoms with Gasteiger partial charge in [0.05, 0.1) is 4.90 Å². The van der Waals surface area contributed by atoms with E-state index >= 15 is 0 Å². The molecule has 0 amide bonds. The van der Waals surface area contributed by atoms with Crippen LogP contribution in [0, 0.1) is 6.92 Å². The number of rotatable bonds is 9. The summed E-state index contributed by atoms with van der Waals surface area (Å²) >= 11 is 0. The Kier molecular flexibility index (Phi) is 7.31. The van der Waals surface area contributed by atoms with Crippen LogP contribution in [0.3, 0.4) is 0 Å². The lowest BCUT2D eigenvalue weighted by atomic mass is 10.1. The number of sulfonamides is 1. The van der Waals surface area contributed by atoms with Gasteiger partial charge in [0.25, 0.3) is 0 Å². The molecule has 0 aromatic heterocycles. The van der Waals surface area contributed by atoms with E-state index in [0.29, 0.717) is 11.4 Å². The maximum Gasteiger partial charge on any atom is 0.240 e. The molecule has 1 rings (SSSR count). The van der Waals surface area contributed by atoms with E-state index in [9.17, 15) is 8.42 Å². The van der Waals surface area contributed by atoms with E-state index in [4.69, 9.17) is 0 Å². The van der Waals surface area contributed by atoms with Crippen molar-refractivity contribution in [3.8, 4) is 0 Å². The largest absolute Gasteiger partial charge is 0.240 e. The van der Waals surface area contributed by atoms with Gasteiger partial charge < -0.3 is 0 Å². The third-order valence-electron chi connectivity index (χ3n) is 3.04. The van der Waals surface area contributed by atoms with Crippen LogP contribution in [0.4, 0.5) is 0 Å². The van der Waals surface area contributed by atoms with Crippen LogP contribution in [0.1, 0.15) is 37.7 Å². The third-order valence-corrected chi connectivity index (χ3v) is 4.52. The second kappa shape index (κ2) is 8.75. The highest BCUT2D eigenvalue weighted by molar-refractivity contribution is 7.89. The molecule has 3 nitrogen and oxygen atoms in total. The SMILES string of the molecule is C=C=CCCCCCCNS(=O)(=O)c1ccc(C)cc1. The van der Waals surface area contributed by atoms with E-state index in [1.807, 2.05) is 25.1 Å². The molecular weight excluding hydrogens is 270 g/mol. The highest BCUT2D eigenvalue weighted by Crippen LogP contribution is 2.10. The first-order valence-electron chi connectivity index (χ1n) is 6.97. The van der Waals surface area contributed by atoms with Gasteiger partial charge in [0, 0.05) is 6.54 Å². The van der Waals surface area contributed by atoms with Crippen molar-refractivity contribution in [1.29, 1.82) is 0 Å².